The van der Waals surface area contributed by atoms with Gasteiger partial charge in [-0.1, -0.05) is 89.7 Å². The second kappa shape index (κ2) is 16.9. The zero-order chi connectivity index (χ0) is 46.7. The van der Waals surface area contributed by atoms with Gasteiger partial charge in [0.15, 0.2) is 11.2 Å². The van der Waals surface area contributed by atoms with Crippen LogP contribution in [0.15, 0.2) is 186 Å². The van der Waals surface area contributed by atoms with Gasteiger partial charge in [-0.15, -0.1) is 0 Å². The summed E-state index contributed by atoms with van der Waals surface area (Å²) in [5.41, 5.74) is 2.69. The van der Waals surface area contributed by atoms with Crippen molar-refractivity contribution in [1.29, 1.82) is 0 Å². The topological polar surface area (TPSA) is 138 Å². The van der Waals surface area contributed by atoms with Crippen molar-refractivity contribution in [3.63, 3.8) is 0 Å². The number of pyridine rings is 1. The normalized spacial score (nSPS) is 17.5. The Labute approximate surface area is 402 Å². The average molecular weight is 949 g/mol. The Bertz CT molecular complexity index is 3400. The Hall–Kier alpha value is -8.04. The van der Waals surface area contributed by atoms with Crippen molar-refractivity contribution in [1.82, 2.24) is 4.98 Å². The van der Waals surface area contributed by atoms with Crippen molar-refractivity contribution in [2.45, 2.75) is 21.1 Å². The number of esters is 3. The fourth-order valence-electron chi connectivity index (χ4n) is 9.24. The summed E-state index contributed by atoms with van der Waals surface area (Å²) < 4.78 is 49.8. The third-order valence-electron chi connectivity index (χ3n) is 12.2. The zero-order valence-electron chi connectivity index (χ0n) is 36.2. The largest absolute Gasteiger partial charge is 0.497 e. The van der Waals surface area contributed by atoms with Crippen LogP contribution in [0.25, 0.3) is 0 Å². The van der Waals surface area contributed by atoms with Gasteiger partial charge in [0, 0.05) is 68.2 Å². The number of carbonyl (C=O) groups excluding carboxylic acids is 3. The summed E-state index contributed by atoms with van der Waals surface area (Å²) >= 11 is 0. The maximum atomic E-state index is 13.8. The van der Waals surface area contributed by atoms with Crippen molar-refractivity contribution < 1.29 is 52.3 Å². The van der Waals surface area contributed by atoms with Gasteiger partial charge in [-0.25, -0.2) is 19.4 Å². The Morgan fingerprint density at radius 2 is 1.06 bits per heavy atom. The predicted octanol–water partition coefficient (Wildman–Crippen LogP) is 11.6. The number of nitrogens with zero attached hydrogens (tertiary/aromatic N) is 1. The number of hydrogen-bond donors (Lipinski definition) is 0. The molecule has 8 aromatic rings. The smallest absolute Gasteiger partial charge is 0.340 e. The van der Waals surface area contributed by atoms with Crippen molar-refractivity contribution in [3.05, 3.63) is 232 Å². The first kappa shape index (κ1) is 42.3. The van der Waals surface area contributed by atoms with Crippen LogP contribution in [0.4, 0.5) is 0 Å². The molecule has 12 nitrogen and oxygen atoms in total. The Balaban J connectivity index is 0.858. The van der Waals surface area contributed by atoms with Gasteiger partial charge in [-0.3, -0.25) is 0 Å². The number of benzene rings is 7. The molecular formula is C55H34NO11S2. The molecule has 2 atom stereocenters. The summed E-state index contributed by atoms with van der Waals surface area (Å²) in [4.78, 5) is 45.8. The third kappa shape index (κ3) is 7.06. The van der Waals surface area contributed by atoms with E-state index >= 15 is 0 Å². The van der Waals surface area contributed by atoms with Crippen molar-refractivity contribution in [2.75, 3.05) is 13.7 Å². The number of aromatic nitrogens is 1. The van der Waals surface area contributed by atoms with E-state index in [1.165, 1.54) is 21.6 Å². The van der Waals surface area contributed by atoms with Gasteiger partial charge < -0.3 is 37.9 Å². The van der Waals surface area contributed by atoms with Crippen LogP contribution in [0.5, 0.6) is 40.2 Å². The molecule has 2 spiro atoms. The monoisotopic (exact) mass is 948 g/mol. The number of ether oxygens (including phenoxy) is 8. The van der Waals surface area contributed by atoms with Crippen LogP contribution < -0.4 is 23.7 Å². The fourth-order valence-corrected chi connectivity index (χ4v) is 11.3. The minimum atomic E-state index is -1.32. The molecule has 0 fully saturated rings. The number of para-hydroxylation sites is 1. The van der Waals surface area contributed by atoms with Gasteiger partial charge in [0.25, 0.3) is 0 Å². The van der Waals surface area contributed by atoms with E-state index in [1.54, 1.807) is 92.2 Å². The van der Waals surface area contributed by atoms with Gasteiger partial charge in [-0.05, 0) is 83.6 Å². The predicted molar refractivity (Wildman–Crippen MR) is 253 cm³/mol. The molecule has 2 unspecified atom stereocenters. The van der Waals surface area contributed by atoms with Gasteiger partial charge >= 0.3 is 24.2 Å². The van der Waals surface area contributed by atoms with Crippen LogP contribution in [0.3, 0.4) is 0 Å². The molecule has 0 saturated carbocycles. The van der Waals surface area contributed by atoms with E-state index < -0.39 is 35.7 Å². The highest BCUT2D eigenvalue weighted by atomic mass is 33.1. The Morgan fingerprint density at radius 1 is 0.536 bits per heavy atom. The van der Waals surface area contributed by atoms with Crippen molar-refractivity contribution in [2.24, 2.45) is 0 Å². The molecule has 4 aliphatic heterocycles. The SMILES string of the molecule is COc1ccc2c(c1)Oc1cc(O[C](OCC(=O)Oc3ccc4c(c3)Oc3ccccc3C43OC(=O)c4ccccc43)c3ccccc3SSc3ccccn3)ccc1C21OC(=O)c2ccccc21. The lowest BCUT2D eigenvalue weighted by atomic mass is 9.77. The van der Waals surface area contributed by atoms with Crippen molar-refractivity contribution in [3.8, 4) is 40.2 Å². The quantitative estimate of drug-likeness (QED) is 0.0690. The van der Waals surface area contributed by atoms with E-state index in [0.717, 1.165) is 9.92 Å². The molecule has 0 bridgehead atoms. The second-order valence-corrected chi connectivity index (χ2v) is 18.3. The Kier molecular flexibility index (Phi) is 10.4. The molecule has 4 aliphatic rings. The summed E-state index contributed by atoms with van der Waals surface area (Å²) in [6, 6.07) is 50.6. The molecule has 14 heteroatoms. The lowest BCUT2D eigenvalue weighted by Gasteiger charge is -2.36. The van der Waals surface area contributed by atoms with Crippen LogP contribution in [-0.4, -0.2) is 36.6 Å². The molecule has 0 amide bonds. The second-order valence-electron chi connectivity index (χ2n) is 16.1. The van der Waals surface area contributed by atoms with Gasteiger partial charge in [0.1, 0.15) is 51.9 Å². The van der Waals surface area contributed by atoms with E-state index in [-0.39, 0.29) is 12.0 Å². The standard InChI is InChI=1S/C55H34NO11S2/c1-60-32-21-24-41-45(28-32)65-47-30-34(23-26-43(47)55(41)39-16-6-3-13-36(39)52(59)67-55)63-53(37-14-4-9-19-48(37)68-69-49-20-10-11-27-56-49)61-31-50(57)62-33-22-25-42-46(29-33)64-44-18-8-7-17-40(44)54(42)38-15-5-2-12-35(38)51(58)66-54/h2-30H,31H2,1H3. The lowest BCUT2D eigenvalue weighted by Crippen LogP contribution is -2.33. The first-order chi connectivity index (χ1) is 33.8. The molecule has 0 saturated heterocycles. The summed E-state index contributed by atoms with van der Waals surface area (Å²) in [5.74, 6) is 1.01. The number of methoxy groups -OCH3 is 1. The van der Waals surface area contributed by atoms with Gasteiger partial charge in [0.05, 0.1) is 18.2 Å². The fraction of sp³-hybridized carbons (Fsp3) is 0.0727. The van der Waals surface area contributed by atoms with E-state index in [1.807, 2.05) is 91.0 Å². The van der Waals surface area contributed by atoms with Crippen molar-refractivity contribution >= 4 is 39.5 Å². The average Bonchev–Trinajstić information content (AvgIpc) is 3.85. The van der Waals surface area contributed by atoms with E-state index in [0.29, 0.717) is 84.6 Å². The number of rotatable bonds is 11. The first-order valence-corrected chi connectivity index (χ1v) is 23.8. The summed E-state index contributed by atoms with van der Waals surface area (Å²) in [5, 5.41) is 0.787. The summed E-state index contributed by atoms with van der Waals surface area (Å²) in [7, 11) is 4.45. The number of fused-ring (bicyclic) bond motifs is 12. The zero-order valence-corrected chi connectivity index (χ0v) is 37.8. The molecule has 7 aromatic carbocycles. The van der Waals surface area contributed by atoms with Gasteiger partial charge in [0.2, 0.25) is 0 Å². The summed E-state index contributed by atoms with van der Waals surface area (Å²) in [6.45, 7) is -0.568. The lowest BCUT2D eigenvalue weighted by molar-refractivity contribution is -0.141. The molecule has 337 valence electrons. The maximum absolute atomic E-state index is 13.8. The van der Waals surface area contributed by atoms with Crippen LogP contribution in [-0.2, 0) is 30.2 Å². The number of carbonyl (C=O) groups is 3. The highest BCUT2D eigenvalue weighted by Crippen LogP contribution is 2.58. The highest BCUT2D eigenvalue weighted by Gasteiger charge is 2.55. The van der Waals surface area contributed by atoms with Gasteiger partial charge in [-0.2, -0.15) is 0 Å². The molecule has 0 N–H and O–H groups in total. The Morgan fingerprint density at radius 3 is 1.70 bits per heavy atom. The highest BCUT2D eigenvalue weighted by molar-refractivity contribution is 8.76. The first-order valence-electron chi connectivity index (χ1n) is 21.6. The van der Waals surface area contributed by atoms with Crippen LogP contribution in [0.1, 0.15) is 59.7 Å². The molecule has 1 aromatic heterocycles. The molecule has 69 heavy (non-hydrogen) atoms. The minimum absolute atomic E-state index is 0.00381. The van der Waals surface area contributed by atoms with E-state index in [2.05, 4.69) is 4.98 Å². The minimum Gasteiger partial charge on any atom is -0.497 e. The summed E-state index contributed by atoms with van der Waals surface area (Å²) in [6.07, 6.45) is 1.72. The maximum Gasteiger partial charge on any atom is 0.340 e. The van der Waals surface area contributed by atoms with Crippen LogP contribution in [0, 0.1) is 6.29 Å². The van der Waals surface area contributed by atoms with E-state index in [4.69, 9.17) is 37.9 Å². The third-order valence-corrected chi connectivity index (χ3v) is 14.5. The molecule has 5 heterocycles. The van der Waals surface area contributed by atoms with Crippen LogP contribution >= 0.6 is 21.6 Å². The van der Waals surface area contributed by atoms with E-state index in [9.17, 15) is 14.4 Å². The molecule has 0 aliphatic carbocycles. The van der Waals surface area contributed by atoms with Crippen LogP contribution in [0.2, 0.25) is 0 Å². The number of hydrogen-bond acceptors (Lipinski definition) is 14. The molecule has 12 rings (SSSR count). The molecule has 1 radical (unpaired) electrons. The molecular weight excluding hydrogens is 915 g/mol.